The number of hydrogen-bond acceptors (Lipinski definition) is 3. The normalized spacial score (nSPS) is 19.1. The van der Waals surface area contributed by atoms with Gasteiger partial charge in [-0.05, 0) is 54.3 Å². The van der Waals surface area contributed by atoms with Gasteiger partial charge in [-0.25, -0.2) is 4.98 Å². The fraction of sp³-hybridized carbons (Fsp3) is 0.304. The number of fused-ring (bicyclic) bond motifs is 2. The second-order valence-electron chi connectivity index (χ2n) is 7.56. The minimum absolute atomic E-state index is 0.0672. The molecular weight excluding hydrogens is 350 g/mol. The summed E-state index contributed by atoms with van der Waals surface area (Å²) in [4.78, 5) is 22.8. The van der Waals surface area contributed by atoms with Crippen LogP contribution in [0, 0.1) is 0 Å². The van der Waals surface area contributed by atoms with Gasteiger partial charge in [-0.1, -0.05) is 18.2 Å². The van der Waals surface area contributed by atoms with Crippen LogP contribution in [0.15, 0.2) is 48.5 Å². The summed E-state index contributed by atoms with van der Waals surface area (Å²) in [6.45, 7) is 2.26. The number of H-pyrrole nitrogens is 1. The van der Waals surface area contributed by atoms with Crippen molar-refractivity contribution in [1.82, 2.24) is 14.9 Å². The van der Waals surface area contributed by atoms with Crippen LogP contribution in [0.5, 0.6) is 5.75 Å². The fourth-order valence-electron chi connectivity index (χ4n) is 4.15. The number of imidazole rings is 1. The Bertz CT molecular complexity index is 1020. The van der Waals surface area contributed by atoms with Crippen molar-refractivity contribution in [3.05, 3.63) is 65.5 Å². The number of ether oxygens (including phenoxy) is 1. The molecule has 0 aliphatic carbocycles. The SMILES string of the molecule is O=C(C=Cc1ccc2c(c1)CCO2)N1CCCC(c2nc3ccccc3[nH]2)C1. The molecule has 28 heavy (non-hydrogen) atoms. The van der Waals surface area contributed by atoms with Gasteiger partial charge in [0, 0.05) is 31.5 Å². The van der Waals surface area contributed by atoms with Crippen LogP contribution in [0.2, 0.25) is 0 Å². The molecule has 2 aliphatic rings. The lowest BCUT2D eigenvalue weighted by Crippen LogP contribution is -2.38. The van der Waals surface area contributed by atoms with Crippen LogP contribution >= 0.6 is 0 Å². The van der Waals surface area contributed by atoms with Crippen LogP contribution in [0.4, 0.5) is 0 Å². The lowest BCUT2D eigenvalue weighted by molar-refractivity contribution is -0.127. The maximum absolute atomic E-state index is 12.7. The molecule has 142 valence electrons. The lowest BCUT2D eigenvalue weighted by Gasteiger charge is -2.31. The third-order valence-electron chi connectivity index (χ3n) is 5.66. The highest BCUT2D eigenvalue weighted by molar-refractivity contribution is 5.92. The van der Waals surface area contributed by atoms with Crippen LogP contribution in [0.1, 0.15) is 35.7 Å². The molecule has 1 fully saturated rings. The molecule has 0 radical (unpaired) electrons. The molecule has 1 N–H and O–H groups in total. The third-order valence-corrected chi connectivity index (χ3v) is 5.66. The van der Waals surface area contributed by atoms with Crippen molar-refractivity contribution in [2.75, 3.05) is 19.7 Å². The highest BCUT2D eigenvalue weighted by Gasteiger charge is 2.25. The molecule has 0 spiro atoms. The van der Waals surface area contributed by atoms with Crippen LogP contribution in [-0.4, -0.2) is 40.5 Å². The summed E-state index contributed by atoms with van der Waals surface area (Å²) in [5, 5.41) is 0. The van der Waals surface area contributed by atoms with Gasteiger partial charge in [0.2, 0.25) is 5.91 Å². The number of piperidine rings is 1. The minimum atomic E-state index is 0.0672. The first-order valence-corrected chi connectivity index (χ1v) is 9.93. The van der Waals surface area contributed by atoms with Crippen molar-refractivity contribution >= 4 is 23.0 Å². The number of para-hydroxylation sites is 2. The molecule has 5 heteroatoms. The van der Waals surface area contributed by atoms with Crippen LogP contribution in [-0.2, 0) is 11.2 Å². The molecule has 1 atom stereocenters. The molecule has 1 aromatic heterocycles. The molecule has 5 nitrogen and oxygen atoms in total. The van der Waals surface area contributed by atoms with Crippen LogP contribution < -0.4 is 4.74 Å². The van der Waals surface area contributed by atoms with E-state index in [2.05, 4.69) is 11.1 Å². The van der Waals surface area contributed by atoms with Crippen molar-refractivity contribution in [3.63, 3.8) is 0 Å². The standard InChI is InChI=1S/C23H23N3O2/c27-22(10-8-16-7-9-21-17(14-16)11-13-28-21)26-12-3-4-18(15-26)23-24-19-5-1-2-6-20(19)25-23/h1-2,5-10,14,18H,3-4,11-13,15H2,(H,24,25). The molecular formula is C23H23N3O2. The Kier molecular flexibility index (Phi) is 4.35. The average molecular weight is 373 g/mol. The van der Waals surface area contributed by atoms with E-state index in [0.29, 0.717) is 6.54 Å². The molecule has 1 amide bonds. The zero-order valence-electron chi connectivity index (χ0n) is 15.7. The summed E-state index contributed by atoms with van der Waals surface area (Å²) < 4.78 is 5.54. The first kappa shape index (κ1) is 17.0. The number of hydrogen-bond donors (Lipinski definition) is 1. The maximum Gasteiger partial charge on any atom is 0.246 e. The molecule has 1 unspecified atom stereocenters. The molecule has 3 aromatic rings. The van der Waals surface area contributed by atoms with Gasteiger partial charge >= 0.3 is 0 Å². The van der Waals surface area contributed by atoms with Crippen molar-refractivity contribution < 1.29 is 9.53 Å². The van der Waals surface area contributed by atoms with E-state index in [1.807, 2.05) is 47.4 Å². The third kappa shape index (κ3) is 3.28. The molecule has 0 saturated carbocycles. The largest absolute Gasteiger partial charge is 0.493 e. The number of nitrogens with one attached hydrogen (secondary N) is 1. The average Bonchev–Trinajstić information content (AvgIpc) is 3.38. The van der Waals surface area contributed by atoms with Crippen molar-refractivity contribution in [3.8, 4) is 5.75 Å². The lowest BCUT2D eigenvalue weighted by atomic mass is 9.97. The predicted molar refractivity (Wildman–Crippen MR) is 109 cm³/mol. The predicted octanol–water partition coefficient (Wildman–Crippen LogP) is 3.92. The number of aromatic amines is 1. The van der Waals surface area contributed by atoms with Gasteiger partial charge in [0.25, 0.3) is 0 Å². The maximum atomic E-state index is 12.7. The number of amides is 1. The number of nitrogens with zero attached hydrogens (tertiary/aromatic N) is 2. The van der Waals surface area contributed by atoms with E-state index in [0.717, 1.165) is 60.6 Å². The van der Waals surface area contributed by atoms with E-state index >= 15 is 0 Å². The zero-order chi connectivity index (χ0) is 18.9. The summed E-state index contributed by atoms with van der Waals surface area (Å²) in [6, 6.07) is 14.2. The van der Waals surface area contributed by atoms with Crippen LogP contribution in [0.25, 0.3) is 17.1 Å². The summed E-state index contributed by atoms with van der Waals surface area (Å²) in [6.07, 6.45) is 6.59. The summed E-state index contributed by atoms with van der Waals surface area (Å²) in [5.74, 6) is 2.28. The monoisotopic (exact) mass is 373 g/mol. The zero-order valence-corrected chi connectivity index (χ0v) is 15.7. The number of carbonyl (C=O) groups excluding carboxylic acids is 1. The Morgan fingerprint density at radius 1 is 1.25 bits per heavy atom. The Morgan fingerprint density at radius 2 is 2.18 bits per heavy atom. The fourth-order valence-corrected chi connectivity index (χ4v) is 4.15. The van der Waals surface area contributed by atoms with Gasteiger partial charge in [0.15, 0.2) is 0 Å². The molecule has 3 heterocycles. The van der Waals surface area contributed by atoms with E-state index in [9.17, 15) is 4.79 Å². The second-order valence-corrected chi connectivity index (χ2v) is 7.56. The molecule has 0 bridgehead atoms. The minimum Gasteiger partial charge on any atom is -0.493 e. The van der Waals surface area contributed by atoms with Crippen molar-refractivity contribution in [1.29, 1.82) is 0 Å². The number of aromatic nitrogens is 2. The Balaban J connectivity index is 1.28. The Hall–Kier alpha value is -3.08. The smallest absolute Gasteiger partial charge is 0.246 e. The summed E-state index contributed by atoms with van der Waals surface area (Å²) >= 11 is 0. The van der Waals surface area contributed by atoms with Gasteiger partial charge in [0.1, 0.15) is 11.6 Å². The van der Waals surface area contributed by atoms with Gasteiger partial charge in [-0.15, -0.1) is 0 Å². The first-order chi connectivity index (χ1) is 13.8. The highest BCUT2D eigenvalue weighted by Crippen LogP contribution is 2.28. The quantitative estimate of drug-likeness (QED) is 0.708. The highest BCUT2D eigenvalue weighted by atomic mass is 16.5. The van der Waals surface area contributed by atoms with E-state index in [-0.39, 0.29) is 11.8 Å². The molecule has 5 rings (SSSR count). The first-order valence-electron chi connectivity index (χ1n) is 9.93. The number of rotatable bonds is 3. The second kappa shape index (κ2) is 7.15. The van der Waals surface area contributed by atoms with Gasteiger partial charge in [0.05, 0.1) is 17.6 Å². The van der Waals surface area contributed by atoms with E-state index in [1.54, 1.807) is 6.08 Å². The van der Waals surface area contributed by atoms with Crippen LogP contribution in [0.3, 0.4) is 0 Å². The topological polar surface area (TPSA) is 58.2 Å². The van der Waals surface area contributed by atoms with E-state index in [4.69, 9.17) is 9.72 Å². The van der Waals surface area contributed by atoms with Crippen molar-refractivity contribution in [2.45, 2.75) is 25.2 Å². The number of benzene rings is 2. The Morgan fingerprint density at radius 3 is 3.11 bits per heavy atom. The van der Waals surface area contributed by atoms with Crippen molar-refractivity contribution in [2.24, 2.45) is 0 Å². The molecule has 2 aromatic carbocycles. The van der Waals surface area contributed by atoms with E-state index < -0.39 is 0 Å². The van der Waals surface area contributed by atoms with Gasteiger partial charge in [-0.3, -0.25) is 4.79 Å². The summed E-state index contributed by atoms with van der Waals surface area (Å²) in [7, 11) is 0. The van der Waals surface area contributed by atoms with Gasteiger partial charge in [-0.2, -0.15) is 0 Å². The summed E-state index contributed by atoms with van der Waals surface area (Å²) in [5.41, 5.74) is 4.31. The molecule has 1 saturated heterocycles. The molecule has 2 aliphatic heterocycles. The number of likely N-dealkylation sites (tertiary alicyclic amines) is 1. The number of carbonyl (C=O) groups is 1. The van der Waals surface area contributed by atoms with Gasteiger partial charge < -0.3 is 14.6 Å². The van der Waals surface area contributed by atoms with E-state index in [1.165, 1.54) is 5.56 Å². The Labute approximate surface area is 164 Å².